The van der Waals surface area contributed by atoms with Crippen molar-refractivity contribution in [2.45, 2.75) is 25.3 Å². The zero-order valence-electron chi connectivity index (χ0n) is 15.5. The molecule has 1 fully saturated rings. The van der Waals surface area contributed by atoms with Gasteiger partial charge in [0.15, 0.2) is 11.9 Å². The summed E-state index contributed by atoms with van der Waals surface area (Å²) < 4.78 is 28.9. The second-order valence-corrected chi connectivity index (χ2v) is 8.69. The van der Waals surface area contributed by atoms with Crippen LogP contribution in [0.15, 0.2) is 47.6 Å². The average Bonchev–Trinajstić information content (AvgIpc) is 2.61. The number of sulfonamides is 1. The molecule has 0 aliphatic carbocycles. The fraction of sp³-hybridized carbons (Fsp3) is 0.368. The zero-order chi connectivity index (χ0) is 19.6. The Morgan fingerprint density at radius 3 is 2.48 bits per heavy atom. The van der Waals surface area contributed by atoms with Crippen molar-refractivity contribution in [1.29, 1.82) is 0 Å². The molecule has 0 radical (unpaired) electrons. The Balaban J connectivity index is 1.65. The van der Waals surface area contributed by atoms with Gasteiger partial charge < -0.3 is 10.0 Å². The average molecular weight is 390 g/mol. The number of aromatic hydroxyl groups is 1. The van der Waals surface area contributed by atoms with Gasteiger partial charge in [-0.15, -0.1) is 0 Å². The molecule has 1 aliphatic heterocycles. The van der Waals surface area contributed by atoms with E-state index in [9.17, 15) is 18.3 Å². The second kappa shape index (κ2) is 7.66. The molecule has 0 saturated carbocycles. The second-order valence-electron chi connectivity index (χ2n) is 6.79. The van der Waals surface area contributed by atoms with Crippen molar-refractivity contribution in [3.63, 3.8) is 0 Å². The lowest BCUT2D eigenvalue weighted by Crippen LogP contribution is -2.53. The number of amides is 1. The van der Waals surface area contributed by atoms with Gasteiger partial charge in [0.1, 0.15) is 0 Å². The lowest BCUT2D eigenvalue weighted by atomic mass is 10.2. The highest BCUT2D eigenvalue weighted by atomic mass is 32.2. The van der Waals surface area contributed by atoms with Crippen molar-refractivity contribution in [3.8, 4) is 5.75 Å². The number of pyridine rings is 1. The number of aryl methyl sites for hydroxylation is 2. The van der Waals surface area contributed by atoms with Gasteiger partial charge in [0, 0.05) is 32.2 Å². The van der Waals surface area contributed by atoms with E-state index in [4.69, 9.17) is 0 Å². The van der Waals surface area contributed by atoms with E-state index in [0.29, 0.717) is 18.0 Å². The van der Waals surface area contributed by atoms with Crippen LogP contribution in [-0.4, -0.2) is 54.8 Å². The molecule has 3 rings (SSSR count). The standard InChI is InChI=1S/C19H23N3O4S/c1-15-5-6-18(16(2)12-15)27(25,26)22-10-8-21(9-11-22)19(24)14-20-7-3-4-17(23)13-20/h3-7,12-13H,8-11,14H2,1-2H3/p+1. The molecule has 2 aromatic rings. The summed E-state index contributed by atoms with van der Waals surface area (Å²) in [5.74, 6) is -0.0103. The zero-order valence-corrected chi connectivity index (χ0v) is 16.3. The van der Waals surface area contributed by atoms with Crippen LogP contribution in [0.3, 0.4) is 0 Å². The van der Waals surface area contributed by atoms with Crippen molar-refractivity contribution >= 4 is 15.9 Å². The van der Waals surface area contributed by atoms with Crippen LogP contribution in [0.1, 0.15) is 11.1 Å². The van der Waals surface area contributed by atoms with Crippen LogP contribution in [0, 0.1) is 13.8 Å². The van der Waals surface area contributed by atoms with Crippen molar-refractivity contribution in [3.05, 3.63) is 53.9 Å². The maximum atomic E-state index is 12.9. The van der Waals surface area contributed by atoms with E-state index in [-0.39, 0.29) is 31.3 Å². The molecule has 1 aromatic heterocycles. The van der Waals surface area contributed by atoms with Gasteiger partial charge in [-0.3, -0.25) is 4.79 Å². The van der Waals surface area contributed by atoms with Gasteiger partial charge >= 0.3 is 0 Å². The quantitative estimate of drug-likeness (QED) is 0.784. The predicted octanol–water partition coefficient (Wildman–Crippen LogP) is 0.830. The van der Waals surface area contributed by atoms with Gasteiger partial charge in [-0.05, 0) is 31.5 Å². The van der Waals surface area contributed by atoms with Crippen molar-refractivity contribution in [1.82, 2.24) is 9.21 Å². The van der Waals surface area contributed by atoms with E-state index >= 15 is 0 Å². The molecule has 27 heavy (non-hydrogen) atoms. The Morgan fingerprint density at radius 1 is 1.15 bits per heavy atom. The molecule has 1 amide bonds. The number of carbonyl (C=O) groups excluding carboxylic acids is 1. The molecule has 7 nitrogen and oxygen atoms in total. The smallest absolute Gasteiger partial charge is 0.288 e. The molecule has 2 heterocycles. The summed E-state index contributed by atoms with van der Waals surface area (Å²) in [5, 5.41) is 9.49. The van der Waals surface area contributed by atoms with Crippen LogP contribution in [0.2, 0.25) is 0 Å². The van der Waals surface area contributed by atoms with Crippen LogP contribution in [0.25, 0.3) is 0 Å². The summed E-state index contributed by atoms with van der Waals surface area (Å²) >= 11 is 0. The van der Waals surface area contributed by atoms with Gasteiger partial charge in [0.2, 0.25) is 22.8 Å². The first kappa shape index (κ1) is 19.3. The largest absolute Gasteiger partial charge is 0.503 e. The third-order valence-electron chi connectivity index (χ3n) is 4.70. The topological polar surface area (TPSA) is 81.8 Å². The molecular formula is C19H24N3O4S+. The minimum Gasteiger partial charge on any atom is -0.503 e. The van der Waals surface area contributed by atoms with Gasteiger partial charge in [0.25, 0.3) is 5.91 Å². The Morgan fingerprint density at radius 2 is 1.85 bits per heavy atom. The molecule has 1 aromatic carbocycles. The summed E-state index contributed by atoms with van der Waals surface area (Å²) in [6, 6.07) is 8.51. The number of nitrogens with zero attached hydrogens (tertiary/aromatic N) is 3. The first-order chi connectivity index (χ1) is 12.8. The third-order valence-corrected chi connectivity index (χ3v) is 6.76. The van der Waals surface area contributed by atoms with E-state index in [1.165, 1.54) is 16.6 Å². The van der Waals surface area contributed by atoms with Gasteiger partial charge in [-0.25, -0.2) is 8.42 Å². The number of benzene rings is 1. The molecule has 8 heteroatoms. The van der Waals surface area contributed by atoms with Gasteiger partial charge in [0.05, 0.1) is 4.90 Å². The Bertz CT molecular complexity index is 951. The van der Waals surface area contributed by atoms with Crippen LogP contribution < -0.4 is 4.57 Å². The molecule has 1 N–H and O–H groups in total. The fourth-order valence-electron chi connectivity index (χ4n) is 3.27. The van der Waals surface area contributed by atoms with E-state index in [2.05, 4.69) is 0 Å². The van der Waals surface area contributed by atoms with Crippen molar-refractivity contribution in [2.75, 3.05) is 26.2 Å². The number of rotatable bonds is 4. The normalized spacial score (nSPS) is 15.7. The van der Waals surface area contributed by atoms with Crippen LogP contribution in [0.4, 0.5) is 0 Å². The summed E-state index contributed by atoms with van der Waals surface area (Å²) in [6.07, 6.45) is 3.19. The first-order valence-electron chi connectivity index (χ1n) is 8.80. The molecular weight excluding hydrogens is 366 g/mol. The monoisotopic (exact) mass is 390 g/mol. The highest BCUT2D eigenvalue weighted by Gasteiger charge is 2.31. The number of carbonyl (C=O) groups is 1. The summed E-state index contributed by atoms with van der Waals surface area (Å²) in [7, 11) is -3.57. The van der Waals surface area contributed by atoms with E-state index in [1.807, 2.05) is 13.0 Å². The minimum absolute atomic E-state index is 0.0923. The summed E-state index contributed by atoms with van der Waals surface area (Å²) in [6.45, 7) is 5.07. The van der Waals surface area contributed by atoms with Crippen molar-refractivity contribution in [2.24, 2.45) is 0 Å². The lowest BCUT2D eigenvalue weighted by molar-refractivity contribution is -0.685. The van der Waals surface area contributed by atoms with Gasteiger partial charge in [-0.2, -0.15) is 8.87 Å². The SMILES string of the molecule is Cc1ccc(S(=O)(=O)N2CCN(C(=O)C[n+]3cccc(O)c3)CC2)c(C)c1. The maximum absolute atomic E-state index is 12.9. The molecule has 0 atom stereocenters. The number of aromatic nitrogens is 1. The maximum Gasteiger partial charge on any atom is 0.288 e. The predicted molar refractivity (Wildman–Crippen MR) is 99.6 cm³/mol. The minimum atomic E-state index is -3.57. The molecule has 1 saturated heterocycles. The Hall–Kier alpha value is -2.45. The third kappa shape index (κ3) is 4.28. The lowest BCUT2D eigenvalue weighted by Gasteiger charge is -2.33. The number of hydrogen-bond donors (Lipinski definition) is 1. The first-order valence-corrected chi connectivity index (χ1v) is 10.2. The van der Waals surface area contributed by atoms with Crippen LogP contribution in [-0.2, 0) is 21.4 Å². The van der Waals surface area contributed by atoms with Gasteiger partial charge in [-0.1, -0.05) is 17.7 Å². The number of piperazine rings is 1. The summed E-state index contributed by atoms with van der Waals surface area (Å²) in [4.78, 5) is 14.4. The molecule has 1 aliphatic rings. The van der Waals surface area contributed by atoms with E-state index in [0.717, 1.165) is 11.1 Å². The molecule has 0 spiro atoms. The molecule has 0 unspecified atom stereocenters. The highest BCUT2D eigenvalue weighted by molar-refractivity contribution is 7.89. The highest BCUT2D eigenvalue weighted by Crippen LogP contribution is 2.22. The molecule has 144 valence electrons. The fourth-order valence-corrected chi connectivity index (χ4v) is 4.90. The Labute approximate surface area is 159 Å². The Kier molecular flexibility index (Phi) is 5.48. The number of hydrogen-bond acceptors (Lipinski definition) is 4. The van der Waals surface area contributed by atoms with Crippen LogP contribution >= 0.6 is 0 Å². The van der Waals surface area contributed by atoms with Crippen LogP contribution in [0.5, 0.6) is 5.75 Å². The van der Waals surface area contributed by atoms with E-state index in [1.54, 1.807) is 40.8 Å². The summed E-state index contributed by atoms with van der Waals surface area (Å²) in [5.41, 5.74) is 1.75. The molecule has 0 bridgehead atoms. The van der Waals surface area contributed by atoms with E-state index < -0.39 is 10.0 Å². The van der Waals surface area contributed by atoms with Crippen molar-refractivity contribution < 1.29 is 22.9 Å².